The Labute approximate surface area is 168 Å². The minimum atomic E-state index is -0.524. The zero-order valence-electron chi connectivity index (χ0n) is 17.1. The first kappa shape index (κ1) is 18.9. The lowest BCUT2D eigenvalue weighted by atomic mass is 10.1. The van der Waals surface area contributed by atoms with E-state index in [1.807, 2.05) is 62.7 Å². The van der Waals surface area contributed by atoms with Crippen LogP contribution < -0.4 is 5.32 Å². The van der Waals surface area contributed by atoms with Crippen molar-refractivity contribution in [2.24, 2.45) is 7.05 Å². The number of fused-ring (bicyclic) bond motifs is 2. The molecule has 4 aromatic rings. The molecule has 0 saturated heterocycles. The summed E-state index contributed by atoms with van der Waals surface area (Å²) in [6.07, 6.45) is 1.75. The molecular weight excluding hydrogens is 366 g/mol. The first-order valence-electron chi connectivity index (χ1n) is 9.50. The first-order chi connectivity index (χ1) is 13.8. The van der Waals surface area contributed by atoms with Gasteiger partial charge in [-0.15, -0.1) is 0 Å². The molecule has 1 unspecified atom stereocenters. The number of benzene rings is 1. The third kappa shape index (κ3) is 3.08. The van der Waals surface area contributed by atoms with Crippen LogP contribution in [-0.2, 0) is 11.8 Å². The number of carbonyl (C=O) groups excluding carboxylic acids is 2. The highest BCUT2D eigenvalue weighted by Crippen LogP contribution is 2.28. The van der Waals surface area contributed by atoms with Gasteiger partial charge >= 0.3 is 0 Å². The lowest BCUT2D eigenvalue weighted by Crippen LogP contribution is -2.23. The number of anilines is 1. The maximum absolute atomic E-state index is 13.1. The third-order valence-corrected chi connectivity index (χ3v) is 5.28. The second-order valence-corrected chi connectivity index (χ2v) is 7.44. The average molecular weight is 389 g/mol. The van der Waals surface area contributed by atoms with Crippen molar-refractivity contribution in [3.8, 4) is 0 Å². The maximum Gasteiger partial charge on any atom is 0.248 e. The van der Waals surface area contributed by atoms with Gasteiger partial charge in [-0.2, -0.15) is 5.10 Å². The summed E-state index contributed by atoms with van der Waals surface area (Å²) in [7, 11) is 1.81. The van der Waals surface area contributed by atoms with E-state index in [0.29, 0.717) is 11.4 Å². The van der Waals surface area contributed by atoms with Crippen molar-refractivity contribution in [3.05, 3.63) is 53.3 Å². The second-order valence-electron chi connectivity index (χ2n) is 7.44. The van der Waals surface area contributed by atoms with Crippen LogP contribution >= 0.6 is 0 Å². The molecular formula is C22H23N5O2. The van der Waals surface area contributed by atoms with E-state index in [-0.39, 0.29) is 11.7 Å². The highest BCUT2D eigenvalue weighted by atomic mass is 16.2. The molecule has 7 nitrogen and oxygen atoms in total. The van der Waals surface area contributed by atoms with Crippen LogP contribution in [0.4, 0.5) is 5.82 Å². The average Bonchev–Trinajstić information content (AvgIpc) is 3.20. The summed E-state index contributed by atoms with van der Waals surface area (Å²) in [5.41, 5.74) is 4.10. The third-order valence-electron chi connectivity index (χ3n) is 5.28. The molecule has 0 bridgehead atoms. The molecule has 1 atom stereocenters. The van der Waals surface area contributed by atoms with Crippen LogP contribution in [0.2, 0.25) is 0 Å². The van der Waals surface area contributed by atoms with Gasteiger partial charge in [-0.1, -0.05) is 18.2 Å². The molecule has 0 radical (unpaired) electrons. The summed E-state index contributed by atoms with van der Waals surface area (Å²) in [5.74, 6) is 0.258. The fourth-order valence-electron chi connectivity index (χ4n) is 3.83. The number of rotatable bonds is 4. The first-order valence-corrected chi connectivity index (χ1v) is 9.50. The van der Waals surface area contributed by atoms with Gasteiger partial charge in [-0.05, 0) is 45.4 Å². The summed E-state index contributed by atoms with van der Waals surface area (Å²) in [4.78, 5) is 29.7. The molecule has 0 aliphatic rings. The number of ketones is 1. The van der Waals surface area contributed by atoms with Crippen LogP contribution in [-0.4, -0.2) is 31.0 Å². The van der Waals surface area contributed by atoms with Crippen molar-refractivity contribution in [1.29, 1.82) is 0 Å². The highest BCUT2D eigenvalue weighted by Gasteiger charge is 2.22. The predicted molar refractivity (Wildman–Crippen MR) is 113 cm³/mol. The zero-order valence-corrected chi connectivity index (χ0v) is 17.1. The largest absolute Gasteiger partial charge is 0.334 e. The highest BCUT2D eigenvalue weighted by molar-refractivity contribution is 6.08. The lowest BCUT2D eigenvalue weighted by molar-refractivity contribution is -0.118. The fourth-order valence-corrected chi connectivity index (χ4v) is 3.83. The Morgan fingerprint density at radius 3 is 2.62 bits per heavy atom. The second kappa shape index (κ2) is 6.84. The number of aromatic nitrogens is 4. The molecule has 7 heteroatoms. The molecule has 1 N–H and O–H groups in total. The molecule has 0 saturated carbocycles. The normalized spacial score (nSPS) is 12.4. The van der Waals surface area contributed by atoms with E-state index in [2.05, 4.69) is 15.4 Å². The summed E-state index contributed by atoms with van der Waals surface area (Å²) >= 11 is 0. The van der Waals surface area contributed by atoms with E-state index in [1.54, 1.807) is 10.9 Å². The molecule has 148 valence electrons. The number of nitrogens with one attached hydrogen (secondary N) is 1. The van der Waals surface area contributed by atoms with Gasteiger partial charge < -0.3 is 9.88 Å². The van der Waals surface area contributed by atoms with E-state index < -0.39 is 6.04 Å². The number of para-hydroxylation sites is 1. The fraction of sp³-hybridized carbons (Fsp3) is 0.273. The van der Waals surface area contributed by atoms with Crippen molar-refractivity contribution in [3.63, 3.8) is 0 Å². The number of hydrogen-bond acceptors (Lipinski definition) is 4. The number of nitrogens with zero attached hydrogens (tertiary/aromatic N) is 4. The van der Waals surface area contributed by atoms with Crippen molar-refractivity contribution >= 4 is 39.4 Å². The Hall–Kier alpha value is -3.48. The Balaban J connectivity index is 1.73. The minimum absolute atomic E-state index is 0.0275. The van der Waals surface area contributed by atoms with Crippen molar-refractivity contribution in [2.75, 3.05) is 5.32 Å². The predicted octanol–water partition coefficient (Wildman–Crippen LogP) is 3.94. The van der Waals surface area contributed by atoms with Crippen molar-refractivity contribution in [2.45, 2.75) is 33.7 Å². The van der Waals surface area contributed by atoms with Crippen LogP contribution in [0.1, 0.15) is 41.5 Å². The summed E-state index contributed by atoms with van der Waals surface area (Å²) in [6.45, 7) is 7.26. The Bertz CT molecular complexity index is 1280. The molecule has 0 aliphatic carbocycles. The van der Waals surface area contributed by atoms with Gasteiger partial charge in [0.1, 0.15) is 6.04 Å². The number of Topliss-reactive ketones (excluding diaryl/α,β-unsaturated/α-hetero) is 1. The van der Waals surface area contributed by atoms with Gasteiger partial charge in [0.2, 0.25) is 5.91 Å². The molecule has 3 heterocycles. The number of carbonyl (C=O) groups is 2. The molecule has 0 aliphatic heterocycles. The van der Waals surface area contributed by atoms with Gasteiger partial charge in [0.15, 0.2) is 17.2 Å². The van der Waals surface area contributed by atoms with Gasteiger partial charge in [0.25, 0.3) is 0 Å². The molecule has 29 heavy (non-hydrogen) atoms. The Kier molecular flexibility index (Phi) is 4.45. The number of aryl methyl sites for hydroxylation is 3. The van der Waals surface area contributed by atoms with Crippen molar-refractivity contribution in [1.82, 2.24) is 19.3 Å². The van der Waals surface area contributed by atoms with Gasteiger partial charge in [-0.3, -0.25) is 9.59 Å². The van der Waals surface area contributed by atoms with Gasteiger partial charge in [0, 0.05) is 35.4 Å². The smallest absolute Gasteiger partial charge is 0.248 e. The van der Waals surface area contributed by atoms with E-state index in [1.165, 1.54) is 6.92 Å². The molecule has 0 spiro atoms. The van der Waals surface area contributed by atoms with Crippen molar-refractivity contribution < 1.29 is 9.59 Å². The minimum Gasteiger partial charge on any atom is -0.334 e. The zero-order chi connectivity index (χ0) is 20.9. The number of amides is 1. The topological polar surface area (TPSA) is 81.8 Å². The molecule has 4 rings (SSSR count). The van der Waals surface area contributed by atoms with Crippen LogP contribution in [0.25, 0.3) is 21.9 Å². The maximum atomic E-state index is 13.1. The van der Waals surface area contributed by atoms with Crippen LogP contribution in [0, 0.1) is 13.8 Å². The summed E-state index contributed by atoms with van der Waals surface area (Å²) in [6, 6.07) is 9.05. The Morgan fingerprint density at radius 1 is 1.17 bits per heavy atom. The van der Waals surface area contributed by atoms with Crippen LogP contribution in [0.3, 0.4) is 0 Å². The van der Waals surface area contributed by atoms with E-state index in [0.717, 1.165) is 33.2 Å². The molecule has 1 aromatic carbocycles. The van der Waals surface area contributed by atoms with E-state index in [9.17, 15) is 9.59 Å². The molecule has 1 amide bonds. The lowest BCUT2D eigenvalue weighted by Gasteiger charge is -2.14. The monoisotopic (exact) mass is 389 g/mol. The number of hydrogen-bond donors (Lipinski definition) is 1. The molecule has 0 fully saturated rings. The summed E-state index contributed by atoms with van der Waals surface area (Å²) < 4.78 is 3.51. The van der Waals surface area contributed by atoms with Crippen LogP contribution in [0.5, 0.6) is 0 Å². The van der Waals surface area contributed by atoms with E-state index >= 15 is 0 Å². The van der Waals surface area contributed by atoms with E-state index in [4.69, 9.17) is 0 Å². The SMILES string of the molecule is CC(=O)c1cn(C(C)C(=O)Nc2nn(C)c3nc(C)cc(C)c23)c2ccccc12. The van der Waals surface area contributed by atoms with Gasteiger partial charge in [-0.25, -0.2) is 9.67 Å². The quantitative estimate of drug-likeness (QED) is 0.536. The standard InChI is InChI=1S/C22H23N5O2/c1-12-10-13(2)23-21-19(12)20(25-26(21)5)24-22(29)14(3)27-11-17(15(4)28)16-8-6-7-9-18(16)27/h6-11,14H,1-5H3,(H,24,25,29). The van der Waals surface area contributed by atoms with Gasteiger partial charge in [0.05, 0.1) is 5.39 Å². The summed E-state index contributed by atoms with van der Waals surface area (Å²) in [5, 5.41) is 9.09. The Morgan fingerprint density at radius 2 is 1.90 bits per heavy atom. The number of pyridine rings is 1. The van der Waals surface area contributed by atoms with Crippen LogP contribution in [0.15, 0.2) is 36.5 Å². The molecule has 3 aromatic heterocycles.